The lowest BCUT2D eigenvalue weighted by molar-refractivity contribution is -0.121. The average Bonchev–Trinajstić information content (AvgIpc) is 2.26. The maximum atomic E-state index is 12.6. The number of carbonyl (C=O) groups excluding carboxylic acids is 1. The molecule has 82 valence electrons. The molecule has 14 heavy (non-hydrogen) atoms. The molecule has 0 saturated carbocycles. The maximum Gasteiger partial charge on any atom is 0.262 e. The Morgan fingerprint density at radius 1 is 1.57 bits per heavy atom. The van der Waals surface area contributed by atoms with Gasteiger partial charge in [-0.1, -0.05) is 0 Å². The van der Waals surface area contributed by atoms with Crippen LogP contribution in [-0.4, -0.2) is 39.1 Å². The molecule has 0 unspecified atom stereocenters. The van der Waals surface area contributed by atoms with Crippen molar-refractivity contribution < 1.29 is 22.0 Å². The lowest BCUT2D eigenvalue weighted by Gasteiger charge is -2.09. The van der Waals surface area contributed by atoms with Crippen LogP contribution in [-0.2, 0) is 14.8 Å². The first-order valence-corrected chi connectivity index (χ1v) is 5.72. The molecule has 1 heterocycles. The molecule has 1 aliphatic rings. The van der Waals surface area contributed by atoms with E-state index in [9.17, 15) is 22.0 Å². The van der Waals surface area contributed by atoms with E-state index in [4.69, 9.17) is 0 Å². The van der Waals surface area contributed by atoms with Gasteiger partial charge in [-0.3, -0.25) is 14.8 Å². The predicted octanol–water partition coefficient (Wildman–Crippen LogP) is -0.941. The first-order valence-electron chi connectivity index (χ1n) is 3.82. The molecule has 0 radical (unpaired) electrons. The standard InChI is InChI=1S/C6H10F2N2O3S/c1-14(12,13)10-5(11)4-2-6(7,8)3-9-4/h4,9H,2-3H2,1H3,(H,10,11)/t4-/m0/s1. The second-order valence-electron chi connectivity index (χ2n) is 3.23. The number of hydrogen-bond donors (Lipinski definition) is 2. The SMILES string of the molecule is CS(=O)(=O)NC(=O)[C@@H]1CC(F)(F)CN1. The fraction of sp³-hybridized carbons (Fsp3) is 0.833. The summed E-state index contributed by atoms with van der Waals surface area (Å²) >= 11 is 0. The van der Waals surface area contributed by atoms with Crippen LogP contribution in [0, 0.1) is 0 Å². The van der Waals surface area contributed by atoms with Gasteiger partial charge >= 0.3 is 0 Å². The van der Waals surface area contributed by atoms with E-state index in [1.165, 1.54) is 0 Å². The molecule has 2 N–H and O–H groups in total. The first kappa shape index (κ1) is 11.3. The van der Waals surface area contributed by atoms with E-state index in [2.05, 4.69) is 5.32 Å². The van der Waals surface area contributed by atoms with E-state index in [0.717, 1.165) is 6.26 Å². The predicted molar refractivity (Wildman–Crippen MR) is 44.3 cm³/mol. The van der Waals surface area contributed by atoms with E-state index in [1.54, 1.807) is 4.72 Å². The van der Waals surface area contributed by atoms with Crippen molar-refractivity contribution in [2.24, 2.45) is 0 Å². The van der Waals surface area contributed by atoms with E-state index < -0.39 is 40.9 Å². The van der Waals surface area contributed by atoms with E-state index in [1.807, 2.05) is 0 Å². The van der Waals surface area contributed by atoms with Crippen LogP contribution in [0.3, 0.4) is 0 Å². The van der Waals surface area contributed by atoms with Crippen LogP contribution in [0.2, 0.25) is 0 Å². The van der Waals surface area contributed by atoms with E-state index in [0.29, 0.717) is 0 Å². The molecule has 1 amide bonds. The molecule has 0 spiro atoms. The minimum Gasteiger partial charge on any atom is -0.300 e. The summed E-state index contributed by atoms with van der Waals surface area (Å²) in [5, 5.41) is 2.24. The molecule has 0 bridgehead atoms. The maximum absolute atomic E-state index is 12.6. The number of hydrogen-bond acceptors (Lipinski definition) is 4. The fourth-order valence-corrected chi connectivity index (χ4v) is 1.66. The molecule has 0 aromatic heterocycles. The lowest BCUT2D eigenvalue weighted by atomic mass is 10.2. The summed E-state index contributed by atoms with van der Waals surface area (Å²) in [6.45, 7) is -0.602. The van der Waals surface area contributed by atoms with Crippen LogP contribution >= 0.6 is 0 Å². The van der Waals surface area contributed by atoms with Gasteiger partial charge in [0.05, 0.1) is 18.8 Å². The van der Waals surface area contributed by atoms with Gasteiger partial charge < -0.3 is 0 Å². The Bertz CT molecular complexity index is 341. The highest BCUT2D eigenvalue weighted by Gasteiger charge is 2.42. The molecule has 0 aromatic carbocycles. The molecule has 1 saturated heterocycles. The highest BCUT2D eigenvalue weighted by molar-refractivity contribution is 7.89. The Hall–Kier alpha value is -0.760. The van der Waals surface area contributed by atoms with Crippen LogP contribution in [0.1, 0.15) is 6.42 Å². The average molecular weight is 228 g/mol. The van der Waals surface area contributed by atoms with Crippen molar-refractivity contribution in [2.75, 3.05) is 12.8 Å². The Morgan fingerprint density at radius 2 is 2.14 bits per heavy atom. The minimum atomic E-state index is -3.68. The normalized spacial score (nSPS) is 26.1. The monoisotopic (exact) mass is 228 g/mol. The largest absolute Gasteiger partial charge is 0.300 e. The molecule has 5 nitrogen and oxygen atoms in total. The Kier molecular flexibility index (Phi) is 2.77. The summed E-state index contributed by atoms with van der Waals surface area (Å²) in [6, 6.07) is -1.14. The topological polar surface area (TPSA) is 75.3 Å². The molecular weight excluding hydrogens is 218 g/mol. The first-order chi connectivity index (χ1) is 6.20. The summed E-state index contributed by atoms with van der Waals surface area (Å²) in [5.41, 5.74) is 0. The zero-order valence-corrected chi connectivity index (χ0v) is 8.20. The lowest BCUT2D eigenvalue weighted by Crippen LogP contribution is -2.42. The summed E-state index contributed by atoms with van der Waals surface area (Å²) in [5.74, 6) is -3.89. The zero-order chi connectivity index (χ0) is 11.0. The van der Waals surface area contributed by atoms with Crippen molar-refractivity contribution in [3.8, 4) is 0 Å². The number of carbonyl (C=O) groups is 1. The van der Waals surface area contributed by atoms with Crippen LogP contribution in [0.25, 0.3) is 0 Å². The van der Waals surface area contributed by atoms with Gasteiger partial charge in [-0.25, -0.2) is 17.2 Å². The fourth-order valence-electron chi connectivity index (χ4n) is 1.15. The van der Waals surface area contributed by atoms with Crippen molar-refractivity contribution in [3.63, 3.8) is 0 Å². The number of rotatable bonds is 2. The van der Waals surface area contributed by atoms with Gasteiger partial charge in [0.2, 0.25) is 10.0 Å². The number of alkyl halides is 2. The van der Waals surface area contributed by atoms with E-state index >= 15 is 0 Å². The van der Waals surface area contributed by atoms with E-state index in [-0.39, 0.29) is 0 Å². The summed E-state index contributed by atoms with van der Waals surface area (Å²) < 4.78 is 48.1. The van der Waals surface area contributed by atoms with Crippen molar-refractivity contribution in [2.45, 2.75) is 18.4 Å². The molecule has 1 fully saturated rings. The summed E-state index contributed by atoms with van der Waals surface area (Å²) in [4.78, 5) is 11.1. The van der Waals surface area contributed by atoms with Gasteiger partial charge in [-0.15, -0.1) is 0 Å². The van der Waals surface area contributed by atoms with Gasteiger partial charge in [0, 0.05) is 6.42 Å². The number of amides is 1. The third-order valence-corrected chi connectivity index (χ3v) is 2.28. The Balaban J connectivity index is 2.57. The third-order valence-electron chi connectivity index (χ3n) is 1.71. The zero-order valence-electron chi connectivity index (χ0n) is 7.38. The van der Waals surface area contributed by atoms with Crippen molar-refractivity contribution >= 4 is 15.9 Å². The third kappa shape index (κ3) is 3.18. The van der Waals surface area contributed by atoms with Crippen LogP contribution in [0.15, 0.2) is 0 Å². The molecule has 1 aliphatic heterocycles. The van der Waals surface area contributed by atoms with Crippen LogP contribution < -0.4 is 10.0 Å². The smallest absolute Gasteiger partial charge is 0.262 e. The molecular formula is C6H10F2N2O3S. The Morgan fingerprint density at radius 3 is 2.50 bits per heavy atom. The highest BCUT2D eigenvalue weighted by atomic mass is 32.2. The highest BCUT2D eigenvalue weighted by Crippen LogP contribution is 2.24. The number of sulfonamides is 1. The van der Waals surface area contributed by atoms with Gasteiger partial charge in [-0.05, 0) is 0 Å². The second kappa shape index (κ2) is 3.43. The van der Waals surface area contributed by atoms with Gasteiger partial charge in [0.25, 0.3) is 11.8 Å². The van der Waals surface area contributed by atoms with Crippen LogP contribution in [0.4, 0.5) is 8.78 Å². The number of nitrogens with one attached hydrogen (secondary N) is 2. The molecule has 0 aliphatic carbocycles. The Labute approximate surface area is 79.9 Å². The number of halogens is 2. The van der Waals surface area contributed by atoms with Gasteiger partial charge in [-0.2, -0.15) is 0 Å². The second-order valence-corrected chi connectivity index (χ2v) is 4.98. The molecule has 0 aromatic rings. The van der Waals surface area contributed by atoms with Crippen LogP contribution in [0.5, 0.6) is 0 Å². The minimum absolute atomic E-state index is 0.602. The summed E-state index contributed by atoms with van der Waals surface area (Å²) in [7, 11) is -3.68. The van der Waals surface area contributed by atoms with Gasteiger partial charge in [0.15, 0.2) is 0 Å². The summed E-state index contributed by atoms with van der Waals surface area (Å²) in [6.07, 6.45) is 0.117. The van der Waals surface area contributed by atoms with Crippen molar-refractivity contribution in [1.29, 1.82) is 0 Å². The van der Waals surface area contributed by atoms with Crippen molar-refractivity contribution in [1.82, 2.24) is 10.0 Å². The van der Waals surface area contributed by atoms with Crippen molar-refractivity contribution in [3.05, 3.63) is 0 Å². The quantitative estimate of drug-likeness (QED) is 0.639. The van der Waals surface area contributed by atoms with Gasteiger partial charge in [0.1, 0.15) is 0 Å². The molecule has 1 atom stereocenters. The molecule has 8 heteroatoms. The molecule has 1 rings (SSSR count).